The second kappa shape index (κ2) is 6.30. The Bertz CT molecular complexity index is 600. The summed E-state index contributed by atoms with van der Waals surface area (Å²) in [5.41, 5.74) is 4.25. The summed E-state index contributed by atoms with van der Waals surface area (Å²) in [5, 5.41) is 0.976. The van der Waals surface area contributed by atoms with Crippen LogP contribution in [0.1, 0.15) is 27.2 Å². The van der Waals surface area contributed by atoms with Gasteiger partial charge in [0.25, 0.3) is 0 Å². The minimum Gasteiger partial charge on any atom is -0.494 e. The maximum absolute atomic E-state index is 14.2. The van der Waals surface area contributed by atoms with E-state index in [1.165, 1.54) is 7.11 Å². The molecule has 0 amide bonds. The van der Waals surface area contributed by atoms with Gasteiger partial charge in [0, 0.05) is 4.88 Å². The van der Waals surface area contributed by atoms with Gasteiger partial charge < -0.3 is 4.74 Å². The number of ether oxygens (including phenoxy) is 1. The SMILES string of the molecule is COc1cccc(CC(NN)c2sc(C)nc2C)c1F. The van der Waals surface area contributed by atoms with Gasteiger partial charge in [-0.3, -0.25) is 11.3 Å². The predicted molar refractivity (Wildman–Crippen MR) is 78.3 cm³/mol. The number of aryl methyl sites for hydroxylation is 2. The van der Waals surface area contributed by atoms with E-state index in [1.807, 2.05) is 13.8 Å². The lowest BCUT2D eigenvalue weighted by molar-refractivity contribution is 0.382. The average molecular weight is 295 g/mol. The Hall–Kier alpha value is -1.50. The van der Waals surface area contributed by atoms with E-state index in [2.05, 4.69) is 10.4 Å². The number of nitrogens with two attached hydrogens (primary N) is 1. The van der Waals surface area contributed by atoms with Gasteiger partial charge in [-0.15, -0.1) is 11.3 Å². The first-order chi connectivity index (χ1) is 9.56. The van der Waals surface area contributed by atoms with Crippen molar-refractivity contribution in [3.63, 3.8) is 0 Å². The summed E-state index contributed by atoms with van der Waals surface area (Å²) < 4.78 is 19.2. The quantitative estimate of drug-likeness (QED) is 0.657. The zero-order valence-corrected chi connectivity index (χ0v) is 12.6. The van der Waals surface area contributed by atoms with Gasteiger partial charge in [-0.25, -0.2) is 9.37 Å². The Morgan fingerprint density at radius 3 is 2.75 bits per heavy atom. The van der Waals surface area contributed by atoms with E-state index in [9.17, 15) is 4.39 Å². The highest BCUT2D eigenvalue weighted by Gasteiger charge is 2.19. The number of halogens is 1. The lowest BCUT2D eigenvalue weighted by Gasteiger charge is -2.16. The molecule has 0 fully saturated rings. The molecule has 1 atom stereocenters. The molecular formula is C14H18FN3OS. The second-order valence-electron chi connectivity index (χ2n) is 4.54. The van der Waals surface area contributed by atoms with Crippen LogP contribution in [0.3, 0.4) is 0 Å². The van der Waals surface area contributed by atoms with Crippen molar-refractivity contribution in [1.29, 1.82) is 0 Å². The van der Waals surface area contributed by atoms with Crippen molar-refractivity contribution in [3.05, 3.63) is 45.2 Å². The van der Waals surface area contributed by atoms with Gasteiger partial charge in [-0.05, 0) is 31.9 Å². The molecule has 108 valence electrons. The molecule has 1 heterocycles. The molecule has 0 aliphatic carbocycles. The van der Waals surface area contributed by atoms with Crippen molar-refractivity contribution in [2.24, 2.45) is 5.84 Å². The molecule has 3 N–H and O–H groups in total. The van der Waals surface area contributed by atoms with Crippen LogP contribution in [0.2, 0.25) is 0 Å². The molecule has 20 heavy (non-hydrogen) atoms. The molecule has 0 aliphatic heterocycles. The van der Waals surface area contributed by atoms with Crippen LogP contribution < -0.4 is 16.0 Å². The number of hydrogen-bond donors (Lipinski definition) is 2. The minimum absolute atomic E-state index is 0.164. The van der Waals surface area contributed by atoms with Gasteiger partial charge >= 0.3 is 0 Å². The maximum atomic E-state index is 14.2. The van der Waals surface area contributed by atoms with Crippen LogP contribution in [0.15, 0.2) is 18.2 Å². The molecule has 4 nitrogen and oxygen atoms in total. The Kier molecular flexibility index (Phi) is 4.69. The van der Waals surface area contributed by atoms with Gasteiger partial charge in [0.2, 0.25) is 0 Å². The summed E-state index contributed by atoms with van der Waals surface area (Å²) in [4.78, 5) is 5.42. The zero-order chi connectivity index (χ0) is 14.7. The Morgan fingerprint density at radius 2 is 2.20 bits per heavy atom. The van der Waals surface area contributed by atoms with Gasteiger partial charge in [-0.2, -0.15) is 0 Å². The van der Waals surface area contributed by atoms with Crippen molar-refractivity contribution < 1.29 is 9.13 Å². The topological polar surface area (TPSA) is 60.2 Å². The summed E-state index contributed by atoms with van der Waals surface area (Å²) in [6, 6.07) is 4.95. The Balaban J connectivity index is 2.29. The molecule has 0 radical (unpaired) electrons. The van der Waals surface area contributed by atoms with Crippen LogP contribution in [0, 0.1) is 19.7 Å². The fraction of sp³-hybridized carbons (Fsp3) is 0.357. The van der Waals surface area contributed by atoms with Crippen LogP contribution in [-0.4, -0.2) is 12.1 Å². The number of methoxy groups -OCH3 is 1. The van der Waals surface area contributed by atoms with E-state index in [0.717, 1.165) is 15.6 Å². The largest absolute Gasteiger partial charge is 0.494 e. The smallest absolute Gasteiger partial charge is 0.168 e. The van der Waals surface area contributed by atoms with E-state index in [-0.39, 0.29) is 17.6 Å². The van der Waals surface area contributed by atoms with Crippen LogP contribution >= 0.6 is 11.3 Å². The predicted octanol–water partition coefficient (Wildman–Crippen LogP) is 2.65. The number of hydrazine groups is 1. The highest BCUT2D eigenvalue weighted by molar-refractivity contribution is 7.11. The molecular weight excluding hydrogens is 277 g/mol. The highest BCUT2D eigenvalue weighted by atomic mass is 32.1. The van der Waals surface area contributed by atoms with E-state index >= 15 is 0 Å². The van der Waals surface area contributed by atoms with Crippen LogP contribution in [0.25, 0.3) is 0 Å². The van der Waals surface area contributed by atoms with Gasteiger partial charge in [-0.1, -0.05) is 12.1 Å². The van der Waals surface area contributed by atoms with E-state index < -0.39 is 0 Å². The van der Waals surface area contributed by atoms with Crippen molar-refractivity contribution in [1.82, 2.24) is 10.4 Å². The number of benzene rings is 1. The van der Waals surface area contributed by atoms with E-state index in [4.69, 9.17) is 10.6 Å². The molecule has 0 aliphatic rings. The fourth-order valence-electron chi connectivity index (χ4n) is 2.19. The molecule has 0 spiro atoms. The van der Waals surface area contributed by atoms with Crippen molar-refractivity contribution in [3.8, 4) is 5.75 Å². The highest BCUT2D eigenvalue weighted by Crippen LogP contribution is 2.29. The third-order valence-electron chi connectivity index (χ3n) is 3.14. The van der Waals surface area contributed by atoms with E-state index in [1.54, 1.807) is 29.5 Å². The lowest BCUT2D eigenvalue weighted by atomic mass is 10.0. The first-order valence-electron chi connectivity index (χ1n) is 6.28. The molecule has 0 saturated heterocycles. The summed E-state index contributed by atoms with van der Waals surface area (Å²) in [6.07, 6.45) is 0.446. The summed E-state index contributed by atoms with van der Waals surface area (Å²) in [5.74, 6) is 5.53. The summed E-state index contributed by atoms with van der Waals surface area (Å²) in [7, 11) is 1.46. The number of aromatic nitrogens is 1. The standard InChI is InChI=1S/C14H18FN3OS/c1-8-14(20-9(2)17-8)11(18-16)7-10-5-4-6-12(19-3)13(10)15/h4-6,11,18H,7,16H2,1-3H3. The normalized spacial score (nSPS) is 12.4. The third-order valence-corrected chi connectivity index (χ3v) is 4.33. The number of rotatable bonds is 5. The van der Waals surface area contributed by atoms with E-state index in [0.29, 0.717) is 12.0 Å². The molecule has 1 unspecified atom stereocenters. The van der Waals surface area contributed by atoms with Gasteiger partial charge in [0.15, 0.2) is 11.6 Å². The second-order valence-corrected chi connectivity index (χ2v) is 5.77. The van der Waals surface area contributed by atoms with Crippen molar-refractivity contribution in [2.45, 2.75) is 26.3 Å². The molecule has 6 heteroatoms. The number of thiazole rings is 1. The number of hydrogen-bond acceptors (Lipinski definition) is 5. The molecule has 1 aromatic heterocycles. The first-order valence-corrected chi connectivity index (χ1v) is 7.10. The van der Waals surface area contributed by atoms with Crippen LogP contribution in [0.5, 0.6) is 5.75 Å². The summed E-state index contributed by atoms with van der Waals surface area (Å²) >= 11 is 1.57. The maximum Gasteiger partial charge on any atom is 0.168 e. The van der Waals surface area contributed by atoms with Crippen LogP contribution in [0.4, 0.5) is 4.39 Å². The molecule has 0 saturated carbocycles. The fourth-order valence-corrected chi connectivity index (χ4v) is 3.18. The molecule has 2 aromatic rings. The van der Waals surface area contributed by atoms with Crippen LogP contribution in [-0.2, 0) is 6.42 Å². The van der Waals surface area contributed by atoms with Gasteiger partial charge in [0.1, 0.15) is 0 Å². The number of nitrogens with zero attached hydrogens (tertiary/aromatic N) is 1. The van der Waals surface area contributed by atoms with Crippen molar-refractivity contribution >= 4 is 11.3 Å². The Morgan fingerprint density at radius 1 is 1.45 bits per heavy atom. The molecule has 1 aromatic carbocycles. The average Bonchev–Trinajstić information content (AvgIpc) is 2.76. The summed E-state index contributed by atoms with van der Waals surface area (Å²) in [6.45, 7) is 3.88. The Labute approximate surface area is 121 Å². The lowest BCUT2D eigenvalue weighted by Crippen LogP contribution is -2.29. The van der Waals surface area contributed by atoms with Gasteiger partial charge in [0.05, 0.1) is 23.9 Å². The molecule has 2 rings (SSSR count). The van der Waals surface area contributed by atoms with Crippen molar-refractivity contribution in [2.75, 3.05) is 7.11 Å². The number of nitrogens with one attached hydrogen (secondary N) is 1. The molecule has 0 bridgehead atoms. The third kappa shape index (κ3) is 2.98. The first kappa shape index (κ1) is 14.9. The zero-order valence-electron chi connectivity index (χ0n) is 11.7. The monoisotopic (exact) mass is 295 g/mol. The minimum atomic E-state index is -0.339.